The number of rotatable bonds is 8. The SMILES string of the molecule is CCOc1ccc(N([C@@H](C)C(=O)Nc2ccc(N3CCCC3)cc2)S(C)(=O)=O)cc1. The van der Waals surface area contributed by atoms with Gasteiger partial charge in [0.1, 0.15) is 11.8 Å². The van der Waals surface area contributed by atoms with Crippen molar-refractivity contribution in [2.75, 3.05) is 40.5 Å². The van der Waals surface area contributed by atoms with Crippen molar-refractivity contribution in [1.29, 1.82) is 0 Å². The summed E-state index contributed by atoms with van der Waals surface area (Å²) in [4.78, 5) is 15.1. The van der Waals surface area contributed by atoms with Gasteiger partial charge in [-0.3, -0.25) is 9.10 Å². The molecule has 1 aliphatic rings. The van der Waals surface area contributed by atoms with Gasteiger partial charge in [-0.15, -0.1) is 0 Å². The van der Waals surface area contributed by atoms with Crippen LogP contribution in [0.1, 0.15) is 26.7 Å². The monoisotopic (exact) mass is 431 g/mol. The van der Waals surface area contributed by atoms with Crippen molar-refractivity contribution in [3.8, 4) is 5.75 Å². The summed E-state index contributed by atoms with van der Waals surface area (Å²) in [7, 11) is -3.67. The Hall–Kier alpha value is -2.74. The molecule has 3 rings (SSSR count). The van der Waals surface area contributed by atoms with Gasteiger partial charge in [0.2, 0.25) is 15.9 Å². The number of ether oxygens (including phenoxy) is 1. The average molecular weight is 432 g/mol. The largest absolute Gasteiger partial charge is 0.494 e. The van der Waals surface area contributed by atoms with E-state index in [2.05, 4.69) is 10.2 Å². The van der Waals surface area contributed by atoms with Gasteiger partial charge in [0.25, 0.3) is 0 Å². The lowest BCUT2D eigenvalue weighted by atomic mass is 10.2. The first-order valence-corrected chi connectivity index (χ1v) is 12.0. The summed E-state index contributed by atoms with van der Waals surface area (Å²) in [5.74, 6) is 0.244. The standard InChI is InChI=1S/C22H29N3O4S/c1-4-29-21-13-11-20(12-14-21)25(30(3,27)28)17(2)22(26)23-18-7-9-19(10-8-18)24-15-5-6-16-24/h7-14,17H,4-6,15-16H2,1-3H3,(H,23,26)/t17-/m0/s1. The number of anilines is 3. The Bertz CT molecular complexity index is 953. The summed E-state index contributed by atoms with van der Waals surface area (Å²) < 4.78 is 31.4. The van der Waals surface area contributed by atoms with Crippen molar-refractivity contribution >= 4 is 33.0 Å². The van der Waals surface area contributed by atoms with Crippen LogP contribution >= 0.6 is 0 Å². The Balaban J connectivity index is 1.74. The van der Waals surface area contributed by atoms with Crippen molar-refractivity contribution in [3.05, 3.63) is 48.5 Å². The summed E-state index contributed by atoms with van der Waals surface area (Å²) in [6.45, 7) is 6.07. The fraction of sp³-hybridized carbons (Fsp3) is 0.409. The van der Waals surface area contributed by atoms with E-state index in [0.717, 1.165) is 29.3 Å². The first-order valence-electron chi connectivity index (χ1n) is 10.2. The fourth-order valence-corrected chi connectivity index (χ4v) is 4.82. The zero-order valence-corrected chi connectivity index (χ0v) is 18.5. The number of carbonyl (C=O) groups excluding carboxylic acids is 1. The normalized spacial score (nSPS) is 15.0. The molecule has 0 bridgehead atoms. The smallest absolute Gasteiger partial charge is 0.247 e. The van der Waals surface area contributed by atoms with E-state index in [1.165, 1.54) is 12.8 Å². The van der Waals surface area contributed by atoms with Gasteiger partial charge in [-0.05, 0) is 75.2 Å². The van der Waals surface area contributed by atoms with Gasteiger partial charge in [0, 0.05) is 24.5 Å². The maximum Gasteiger partial charge on any atom is 0.247 e. The minimum absolute atomic E-state index is 0.400. The predicted octanol–water partition coefficient (Wildman–Crippen LogP) is 3.48. The van der Waals surface area contributed by atoms with Crippen LogP contribution in [0.4, 0.5) is 17.1 Å². The Morgan fingerprint density at radius 1 is 1.10 bits per heavy atom. The minimum atomic E-state index is -3.67. The van der Waals surface area contributed by atoms with E-state index in [9.17, 15) is 13.2 Å². The van der Waals surface area contributed by atoms with Crippen LogP contribution in [-0.2, 0) is 14.8 Å². The number of hydrogen-bond donors (Lipinski definition) is 1. The maximum absolute atomic E-state index is 12.8. The third kappa shape index (κ3) is 5.24. The molecule has 1 N–H and O–H groups in total. The molecule has 1 saturated heterocycles. The lowest BCUT2D eigenvalue weighted by Crippen LogP contribution is -2.45. The molecule has 1 fully saturated rings. The van der Waals surface area contributed by atoms with E-state index in [-0.39, 0.29) is 0 Å². The first-order chi connectivity index (χ1) is 14.3. The van der Waals surface area contributed by atoms with Gasteiger partial charge in [0.05, 0.1) is 18.6 Å². The highest BCUT2D eigenvalue weighted by Gasteiger charge is 2.29. The molecule has 30 heavy (non-hydrogen) atoms. The van der Waals surface area contributed by atoms with Gasteiger partial charge >= 0.3 is 0 Å². The highest BCUT2D eigenvalue weighted by Crippen LogP contribution is 2.25. The summed E-state index contributed by atoms with van der Waals surface area (Å²) >= 11 is 0. The molecule has 162 valence electrons. The molecule has 7 nitrogen and oxygen atoms in total. The molecule has 1 aliphatic heterocycles. The van der Waals surface area contributed by atoms with Gasteiger partial charge in [-0.25, -0.2) is 8.42 Å². The van der Waals surface area contributed by atoms with E-state index in [1.807, 2.05) is 31.2 Å². The summed E-state index contributed by atoms with van der Waals surface area (Å²) in [5.41, 5.74) is 2.17. The second-order valence-corrected chi connectivity index (χ2v) is 9.25. The number of amides is 1. The van der Waals surface area contributed by atoms with E-state index in [1.54, 1.807) is 31.2 Å². The molecule has 1 atom stereocenters. The summed E-state index contributed by atoms with van der Waals surface area (Å²) in [6, 6.07) is 13.4. The molecule has 2 aromatic carbocycles. The van der Waals surface area contributed by atoms with Gasteiger partial charge in [0.15, 0.2) is 0 Å². The number of carbonyl (C=O) groups is 1. The molecule has 0 aromatic heterocycles. The molecule has 0 radical (unpaired) electrons. The van der Waals surface area contributed by atoms with Crippen LogP contribution < -0.4 is 19.3 Å². The zero-order chi connectivity index (χ0) is 21.7. The number of nitrogens with zero attached hydrogens (tertiary/aromatic N) is 2. The summed E-state index contributed by atoms with van der Waals surface area (Å²) in [6.07, 6.45) is 3.49. The second-order valence-electron chi connectivity index (χ2n) is 7.39. The third-order valence-corrected chi connectivity index (χ3v) is 6.34. The van der Waals surface area contributed by atoms with Crippen LogP contribution in [0.2, 0.25) is 0 Å². The van der Waals surface area contributed by atoms with Crippen molar-refractivity contribution in [1.82, 2.24) is 0 Å². The molecule has 1 heterocycles. The van der Waals surface area contributed by atoms with Crippen molar-refractivity contribution < 1.29 is 17.9 Å². The Morgan fingerprint density at radius 2 is 1.70 bits per heavy atom. The van der Waals surface area contributed by atoms with Gasteiger partial charge < -0.3 is 15.0 Å². The third-order valence-electron chi connectivity index (χ3n) is 5.10. The number of benzene rings is 2. The molecular weight excluding hydrogens is 402 g/mol. The molecular formula is C22H29N3O4S. The van der Waals surface area contributed by atoms with Crippen LogP contribution in [0, 0.1) is 0 Å². The topological polar surface area (TPSA) is 79.0 Å². The zero-order valence-electron chi connectivity index (χ0n) is 17.7. The summed E-state index contributed by atoms with van der Waals surface area (Å²) in [5, 5.41) is 2.83. The van der Waals surface area contributed by atoms with Crippen LogP contribution in [0.5, 0.6) is 5.75 Å². The second kappa shape index (κ2) is 9.38. The Kier molecular flexibility index (Phi) is 6.87. The van der Waals surface area contributed by atoms with Crippen LogP contribution in [0.15, 0.2) is 48.5 Å². The molecule has 0 saturated carbocycles. The van der Waals surface area contributed by atoms with E-state index < -0.39 is 22.0 Å². The number of nitrogens with one attached hydrogen (secondary N) is 1. The molecule has 2 aromatic rings. The van der Waals surface area contributed by atoms with Crippen molar-refractivity contribution in [3.63, 3.8) is 0 Å². The van der Waals surface area contributed by atoms with E-state index >= 15 is 0 Å². The van der Waals surface area contributed by atoms with Gasteiger partial charge in [-0.1, -0.05) is 0 Å². The fourth-order valence-electron chi connectivity index (χ4n) is 3.64. The highest BCUT2D eigenvalue weighted by molar-refractivity contribution is 7.92. The molecule has 0 unspecified atom stereocenters. The average Bonchev–Trinajstić information content (AvgIpc) is 3.24. The van der Waals surface area contributed by atoms with E-state index in [4.69, 9.17) is 4.74 Å². The Morgan fingerprint density at radius 3 is 2.23 bits per heavy atom. The van der Waals surface area contributed by atoms with Crippen LogP contribution in [-0.4, -0.2) is 46.3 Å². The predicted molar refractivity (Wildman–Crippen MR) is 121 cm³/mol. The first kappa shape index (κ1) is 22.0. The van der Waals surface area contributed by atoms with Crippen molar-refractivity contribution in [2.45, 2.75) is 32.7 Å². The molecule has 8 heteroatoms. The number of hydrogen-bond acceptors (Lipinski definition) is 5. The number of sulfonamides is 1. The van der Waals surface area contributed by atoms with Crippen LogP contribution in [0.3, 0.4) is 0 Å². The lowest BCUT2D eigenvalue weighted by molar-refractivity contribution is -0.116. The van der Waals surface area contributed by atoms with E-state index in [0.29, 0.717) is 23.7 Å². The molecule has 1 amide bonds. The highest BCUT2D eigenvalue weighted by atomic mass is 32.2. The Labute approximate surface area is 178 Å². The lowest BCUT2D eigenvalue weighted by Gasteiger charge is -2.28. The molecule has 0 spiro atoms. The quantitative estimate of drug-likeness (QED) is 0.692. The minimum Gasteiger partial charge on any atom is -0.494 e. The maximum atomic E-state index is 12.8. The van der Waals surface area contributed by atoms with Crippen LogP contribution in [0.25, 0.3) is 0 Å². The molecule has 0 aliphatic carbocycles. The van der Waals surface area contributed by atoms with Crippen molar-refractivity contribution in [2.24, 2.45) is 0 Å². The van der Waals surface area contributed by atoms with Gasteiger partial charge in [-0.2, -0.15) is 0 Å².